The number of piperidine rings is 1. The largest absolute Gasteiger partial charge is 0.465 e. The Bertz CT molecular complexity index is 351. The van der Waals surface area contributed by atoms with Crippen molar-refractivity contribution in [2.45, 2.75) is 51.5 Å². The van der Waals surface area contributed by atoms with Gasteiger partial charge >= 0.3 is 6.09 Å². The summed E-state index contributed by atoms with van der Waals surface area (Å²) < 4.78 is 0. The van der Waals surface area contributed by atoms with Crippen LogP contribution in [0.4, 0.5) is 4.79 Å². The molecule has 2 fully saturated rings. The molecule has 5 nitrogen and oxygen atoms in total. The molecule has 0 radical (unpaired) electrons. The van der Waals surface area contributed by atoms with Gasteiger partial charge in [0.05, 0.1) is 0 Å². The van der Waals surface area contributed by atoms with Crippen molar-refractivity contribution in [1.82, 2.24) is 9.80 Å². The van der Waals surface area contributed by atoms with Crippen molar-refractivity contribution in [1.29, 1.82) is 0 Å². The van der Waals surface area contributed by atoms with Gasteiger partial charge in [0.2, 0.25) is 0 Å². The molecule has 0 spiro atoms. The summed E-state index contributed by atoms with van der Waals surface area (Å²) in [5.74, 6) is 0.667. The molecule has 0 bridgehead atoms. The van der Waals surface area contributed by atoms with E-state index in [1.54, 1.807) is 0 Å². The van der Waals surface area contributed by atoms with E-state index < -0.39 is 6.09 Å². The molecular formula is C15H26N2O3. The third-order valence-corrected chi connectivity index (χ3v) is 4.82. The van der Waals surface area contributed by atoms with Gasteiger partial charge in [-0.25, -0.2) is 4.79 Å². The fourth-order valence-electron chi connectivity index (χ4n) is 3.51. The Morgan fingerprint density at radius 3 is 2.35 bits per heavy atom. The number of amides is 1. The van der Waals surface area contributed by atoms with E-state index in [0.717, 1.165) is 45.2 Å². The predicted molar refractivity (Wildman–Crippen MR) is 76.8 cm³/mol. The molecule has 114 valence electrons. The Morgan fingerprint density at radius 2 is 1.75 bits per heavy atom. The Labute approximate surface area is 120 Å². The average molecular weight is 282 g/mol. The normalized spacial score (nSPS) is 26.2. The van der Waals surface area contributed by atoms with Gasteiger partial charge in [0.15, 0.2) is 0 Å². The Hall–Kier alpha value is -1.10. The number of carbonyl (C=O) groups is 2. The zero-order chi connectivity index (χ0) is 14.5. The first-order valence-corrected chi connectivity index (χ1v) is 7.86. The van der Waals surface area contributed by atoms with Crippen LogP contribution in [0, 0.1) is 5.92 Å². The summed E-state index contributed by atoms with van der Waals surface area (Å²) in [6.45, 7) is 5.24. The molecule has 0 aromatic carbocycles. The number of ketones is 1. The van der Waals surface area contributed by atoms with Gasteiger partial charge < -0.3 is 14.9 Å². The highest BCUT2D eigenvalue weighted by molar-refractivity contribution is 5.80. The zero-order valence-electron chi connectivity index (χ0n) is 12.4. The molecule has 20 heavy (non-hydrogen) atoms. The summed E-state index contributed by atoms with van der Waals surface area (Å²) in [5, 5.41) is 9.06. The van der Waals surface area contributed by atoms with E-state index >= 15 is 0 Å². The summed E-state index contributed by atoms with van der Waals surface area (Å²) in [7, 11) is 0. The number of rotatable bonds is 3. The molecule has 0 aliphatic carbocycles. The van der Waals surface area contributed by atoms with E-state index in [4.69, 9.17) is 5.11 Å². The van der Waals surface area contributed by atoms with Crippen molar-refractivity contribution in [3.8, 4) is 0 Å². The van der Waals surface area contributed by atoms with E-state index in [2.05, 4.69) is 4.90 Å². The quantitative estimate of drug-likeness (QED) is 0.862. The minimum absolute atomic E-state index is 0.262. The van der Waals surface area contributed by atoms with Gasteiger partial charge in [0.1, 0.15) is 5.78 Å². The summed E-state index contributed by atoms with van der Waals surface area (Å²) in [6, 6.07) is 0.497. The maximum atomic E-state index is 11.7. The molecule has 0 saturated carbocycles. The molecule has 1 N–H and O–H groups in total. The lowest BCUT2D eigenvalue weighted by atomic mass is 9.90. The van der Waals surface area contributed by atoms with E-state index in [1.807, 2.05) is 6.92 Å². The average Bonchev–Trinajstić information content (AvgIpc) is 2.72. The number of nitrogens with zero attached hydrogens (tertiary/aromatic N) is 2. The number of carbonyl (C=O) groups excluding carboxylic acids is 1. The SMILES string of the molecule is CCC(=O)C1CCN([C@H]2CCCN(C(=O)O)CC2)CC1. The first-order valence-electron chi connectivity index (χ1n) is 7.86. The molecule has 1 amide bonds. The number of hydrogen-bond donors (Lipinski definition) is 1. The van der Waals surface area contributed by atoms with Gasteiger partial charge in [0, 0.05) is 31.5 Å². The van der Waals surface area contributed by atoms with Crippen LogP contribution in [0.25, 0.3) is 0 Å². The summed E-state index contributed by atoms with van der Waals surface area (Å²) in [4.78, 5) is 26.8. The lowest BCUT2D eigenvalue weighted by molar-refractivity contribution is -0.124. The van der Waals surface area contributed by atoms with Crippen LogP contribution in [-0.2, 0) is 4.79 Å². The van der Waals surface area contributed by atoms with Gasteiger partial charge in [-0.15, -0.1) is 0 Å². The predicted octanol–water partition coefficient (Wildman–Crippen LogP) is 2.21. The number of hydrogen-bond acceptors (Lipinski definition) is 3. The van der Waals surface area contributed by atoms with Gasteiger partial charge in [0.25, 0.3) is 0 Å². The van der Waals surface area contributed by atoms with Crippen molar-refractivity contribution < 1.29 is 14.7 Å². The zero-order valence-corrected chi connectivity index (χ0v) is 12.4. The van der Waals surface area contributed by atoms with E-state index in [9.17, 15) is 9.59 Å². The molecule has 2 aliphatic heterocycles. The summed E-state index contributed by atoms with van der Waals surface area (Å²) in [6.07, 6.45) is 4.77. The molecule has 0 aromatic heterocycles. The third kappa shape index (κ3) is 3.72. The smallest absolute Gasteiger partial charge is 0.407 e. The number of likely N-dealkylation sites (tertiary alicyclic amines) is 2. The molecule has 2 rings (SSSR count). The number of carboxylic acid groups (broad SMARTS) is 1. The molecule has 5 heteroatoms. The van der Waals surface area contributed by atoms with E-state index in [1.165, 1.54) is 4.90 Å². The highest BCUT2D eigenvalue weighted by Gasteiger charge is 2.29. The van der Waals surface area contributed by atoms with Crippen molar-refractivity contribution >= 4 is 11.9 Å². The minimum Gasteiger partial charge on any atom is -0.465 e. The highest BCUT2D eigenvalue weighted by Crippen LogP contribution is 2.25. The van der Waals surface area contributed by atoms with Crippen LogP contribution in [0.2, 0.25) is 0 Å². The second kappa shape index (κ2) is 7.07. The second-order valence-electron chi connectivity index (χ2n) is 5.98. The third-order valence-electron chi connectivity index (χ3n) is 4.82. The molecular weight excluding hydrogens is 256 g/mol. The van der Waals surface area contributed by atoms with Crippen LogP contribution >= 0.6 is 0 Å². The maximum Gasteiger partial charge on any atom is 0.407 e. The molecule has 0 aromatic rings. The fourth-order valence-corrected chi connectivity index (χ4v) is 3.51. The van der Waals surface area contributed by atoms with E-state index in [0.29, 0.717) is 31.3 Å². The molecule has 1 atom stereocenters. The molecule has 2 saturated heterocycles. The van der Waals surface area contributed by atoms with Crippen molar-refractivity contribution in [3.63, 3.8) is 0 Å². The Morgan fingerprint density at radius 1 is 1.05 bits per heavy atom. The first kappa shape index (κ1) is 15.3. The summed E-state index contributed by atoms with van der Waals surface area (Å²) >= 11 is 0. The van der Waals surface area contributed by atoms with E-state index in [-0.39, 0.29) is 5.92 Å². The first-order chi connectivity index (χ1) is 9.61. The molecule has 0 unspecified atom stereocenters. The molecule has 2 heterocycles. The van der Waals surface area contributed by atoms with Crippen LogP contribution < -0.4 is 0 Å². The van der Waals surface area contributed by atoms with Crippen molar-refractivity contribution in [3.05, 3.63) is 0 Å². The number of Topliss-reactive ketones (excluding diaryl/α,β-unsaturated/α-hetero) is 1. The van der Waals surface area contributed by atoms with Gasteiger partial charge in [-0.2, -0.15) is 0 Å². The Balaban J connectivity index is 1.82. The van der Waals surface area contributed by atoms with Crippen LogP contribution in [0.1, 0.15) is 45.4 Å². The van der Waals surface area contributed by atoms with Crippen LogP contribution in [0.15, 0.2) is 0 Å². The monoisotopic (exact) mass is 282 g/mol. The van der Waals surface area contributed by atoms with Crippen molar-refractivity contribution in [2.75, 3.05) is 26.2 Å². The van der Waals surface area contributed by atoms with Gasteiger partial charge in [-0.05, 0) is 45.2 Å². The van der Waals surface area contributed by atoms with Gasteiger partial charge in [-0.1, -0.05) is 6.92 Å². The van der Waals surface area contributed by atoms with Crippen LogP contribution in [0.5, 0.6) is 0 Å². The lowest BCUT2D eigenvalue weighted by Crippen LogP contribution is -2.43. The standard InChI is InChI=1S/C15H26N2O3/c1-2-14(18)12-5-9-16(10-6-12)13-4-3-8-17(11-7-13)15(19)20/h12-13H,2-11H2,1H3,(H,19,20)/t13-/m0/s1. The molecule has 2 aliphatic rings. The van der Waals surface area contributed by atoms with Crippen LogP contribution in [-0.4, -0.2) is 59.0 Å². The topological polar surface area (TPSA) is 60.9 Å². The Kier molecular flexibility index (Phi) is 5.40. The fraction of sp³-hybridized carbons (Fsp3) is 0.867. The lowest BCUT2D eigenvalue weighted by Gasteiger charge is -2.36. The minimum atomic E-state index is -0.794. The van der Waals surface area contributed by atoms with Crippen molar-refractivity contribution in [2.24, 2.45) is 5.92 Å². The summed E-state index contributed by atoms with van der Waals surface area (Å²) in [5.41, 5.74) is 0. The van der Waals surface area contributed by atoms with Crippen LogP contribution in [0.3, 0.4) is 0 Å². The van der Waals surface area contributed by atoms with Gasteiger partial charge in [-0.3, -0.25) is 4.79 Å². The maximum absolute atomic E-state index is 11.7. The second-order valence-corrected chi connectivity index (χ2v) is 5.98. The highest BCUT2D eigenvalue weighted by atomic mass is 16.4.